The third-order valence-corrected chi connectivity index (χ3v) is 3.87. The minimum atomic E-state index is -2.57. The Morgan fingerprint density at radius 3 is 2.71 bits per heavy atom. The molecule has 4 heteroatoms. The molecule has 0 radical (unpaired) electrons. The number of alkyl halides is 2. The average molecular weight is 239 g/mol. The van der Waals surface area contributed by atoms with Gasteiger partial charge in [-0.1, -0.05) is 18.2 Å². The molecule has 0 spiro atoms. The van der Waals surface area contributed by atoms with Crippen LogP contribution in [0.5, 0.6) is 5.75 Å². The second-order valence-corrected chi connectivity index (χ2v) is 5.09. The van der Waals surface area contributed by atoms with Crippen LogP contribution < -0.4 is 10.5 Å². The first-order valence-electron chi connectivity index (χ1n) is 5.89. The lowest BCUT2D eigenvalue weighted by Gasteiger charge is -2.47. The fourth-order valence-electron chi connectivity index (χ4n) is 3.02. The predicted molar refractivity (Wildman–Crippen MR) is 60.6 cm³/mol. The molecule has 3 rings (SSSR count). The molecule has 0 atom stereocenters. The van der Waals surface area contributed by atoms with E-state index in [4.69, 9.17) is 10.5 Å². The summed E-state index contributed by atoms with van der Waals surface area (Å²) in [5, 5.41) is 0. The molecule has 1 fully saturated rings. The number of fused-ring (bicyclic) bond motifs is 1. The number of benzene rings is 1. The van der Waals surface area contributed by atoms with Crippen molar-refractivity contribution in [3.05, 3.63) is 29.3 Å². The largest absolute Gasteiger partial charge is 0.493 e. The number of rotatable bonds is 2. The molecule has 1 aromatic rings. The second kappa shape index (κ2) is 3.42. The summed E-state index contributed by atoms with van der Waals surface area (Å²) in [4.78, 5) is 0. The molecule has 1 saturated carbocycles. The molecular formula is C13H15F2NO. The van der Waals surface area contributed by atoms with Crippen molar-refractivity contribution >= 4 is 0 Å². The predicted octanol–water partition coefficient (Wildman–Crippen LogP) is 2.25. The molecular weight excluding hydrogens is 224 g/mol. The van der Waals surface area contributed by atoms with Gasteiger partial charge in [0.2, 0.25) is 5.92 Å². The van der Waals surface area contributed by atoms with Crippen molar-refractivity contribution in [1.82, 2.24) is 0 Å². The number of ether oxygens (including phenoxy) is 1. The molecule has 1 aliphatic carbocycles. The molecule has 0 amide bonds. The van der Waals surface area contributed by atoms with Gasteiger partial charge in [0.15, 0.2) is 0 Å². The lowest BCUT2D eigenvalue weighted by Crippen LogP contribution is -2.53. The first-order chi connectivity index (χ1) is 8.06. The van der Waals surface area contributed by atoms with Gasteiger partial charge < -0.3 is 10.5 Å². The number of para-hydroxylation sites is 1. The molecule has 2 N–H and O–H groups in total. The first kappa shape index (κ1) is 11.0. The van der Waals surface area contributed by atoms with Crippen molar-refractivity contribution in [2.45, 2.75) is 30.6 Å². The van der Waals surface area contributed by atoms with Crippen LogP contribution in [0.25, 0.3) is 0 Å². The minimum absolute atomic E-state index is 0.156. The van der Waals surface area contributed by atoms with Gasteiger partial charge in [0.25, 0.3) is 0 Å². The normalized spacial score (nSPS) is 23.7. The molecule has 0 unspecified atom stereocenters. The third kappa shape index (κ3) is 1.54. The van der Waals surface area contributed by atoms with Gasteiger partial charge in [-0.3, -0.25) is 0 Å². The lowest BCUT2D eigenvalue weighted by atomic mass is 9.61. The van der Waals surface area contributed by atoms with E-state index in [0.29, 0.717) is 6.61 Å². The number of hydrogen-bond donors (Lipinski definition) is 1. The van der Waals surface area contributed by atoms with Crippen molar-refractivity contribution in [3.63, 3.8) is 0 Å². The van der Waals surface area contributed by atoms with Gasteiger partial charge in [0.1, 0.15) is 5.75 Å². The van der Waals surface area contributed by atoms with Crippen LogP contribution in [0.3, 0.4) is 0 Å². The summed E-state index contributed by atoms with van der Waals surface area (Å²) in [7, 11) is 0. The Labute approximate surface area is 98.8 Å². The van der Waals surface area contributed by atoms with E-state index in [9.17, 15) is 8.78 Å². The van der Waals surface area contributed by atoms with Crippen molar-refractivity contribution in [3.8, 4) is 5.75 Å². The molecule has 1 aliphatic heterocycles. The summed E-state index contributed by atoms with van der Waals surface area (Å²) in [5.74, 6) is -1.77. The fraction of sp³-hybridized carbons (Fsp3) is 0.538. The molecule has 0 saturated heterocycles. The van der Waals surface area contributed by atoms with Crippen LogP contribution in [0, 0.1) is 0 Å². The summed E-state index contributed by atoms with van der Waals surface area (Å²) in [6.45, 7) is 0.895. The van der Waals surface area contributed by atoms with Crippen LogP contribution in [0.15, 0.2) is 18.2 Å². The van der Waals surface area contributed by atoms with Crippen LogP contribution in [0.4, 0.5) is 8.78 Å². The summed E-state index contributed by atoms with van der Waals surface area (Å²) in [5.41, 5.74) is 7.14. The molecule has 0 aromatic heterocycles. The average Bonchev–Trinajstić information content (AvgIpc) is 2.72. The highest BCUT2D eigenvalue weighted by Gasteiger charge is 2.57. The van der Waals surface area contributed by atoms with Crippen molar-refractivity contribution in [2.75, 3.05) is 13.2 Å². The Kier molecular flexibility index (Phi) is 2.20. The van der Waals surface area contributed by atoms with Crippen LogP contribution in [-0.2, 0) is 11.8 Å². The second-order valence-electron chi connectivity index (χ2n) is 5.09. The van der Waals surface area contributed by atoms with Gasteiger partial charge in [-0.25, -0.2) is 8.78 Å². The quantitative estimate of drug-likeness (QED) is 0.859. The van der Waals surface area contributed by atoms with E-state index in [2.05, 4.69) is 0 Å². The Morgan fingerprint density at radius 2 is 2.06 bits per heavy atom. The van der Waals surface area contributed by atoms with Crippen molar-refractivity contribution < 1.29 is 13.5 Å². The molecule has 92 valence electrons. The van der Waals surface area contributed by atoms with E-state index in [1.54, 1.807) is 0 Å². The Hall–Kier alpha value is -1.16. The smallest absolute Gasteiger partial charge is 0.250 e. The van der Waals surface area contributed by atoms with E-state index < -0.39 is 11.3 Å². The number of nitrogens with two attached hydrogens (primary N) is 1. The van der Waals surface area contributed by atoms with E-state index in [0.717, 1.165) is 23.3 Å². The van der Waals surface area contributed by atoms with Gasteiger partial charge in [-0.2, -0.15) is 0 Å². The van der Waals surface area contributed by atoms with Crippen molar-refractivity contribution in [1.29, 1.82) is 0 Å². The van der Waals surface area contributed by atoms with E-state index in [1.165, 1.54) is 0 Å². The van der Waals surface area contributed by atoms with E-state index >= 15 is 0 Å². The van der Waals surface area contributed by atoms with Gasteiger partial charge in [-0.15, -0.1) is 0 Å². The van der Waals surface area contributed by atoms with Crippen LogP contribution >= 0.6 is 0 Å². The van der Waals surface area contributed by atoms with Gasteiger partial charge >= 0.3 is 0 Å². The zero-order valence-electron chi connectivity index (χ0n) is 9.51. The Morgan fingerprint density at radius 1 is 1.29 bits per heavy atom. The standard InChI is InChI=1S/C13H15F2NO/c14-13(15)6-12(7-13,8-16)10-3-1-2-9-4-5-17-11(9)10/h1-3H,4-8,16H2. The zero-order valence-corrected chi connectivity index (χ0v) is 9.51. The Bertz CT molecular complexity index is 451. The summed E-state index contributed by atoms with van der Waals surface area (Å²) < 4.78 is 31.9. The zero-order chi connectivity index (χ0) is 12.1. The highest BCUT2D eigenvalue weighted by Crippen LogP contribution is 2.55. The summed E-state index contributed by atoms with van der Waals surface area (Å²) in [6, 6.07) is 5.79. The highest BCUT2D eigenvalue weighted by atomic mass is 19.3. The van der Waals surface area contributed by atoms with Crippen LogP contribution in [0.2, 0.25) is 0 Å². The molecule has 1 heterocycles. The SMILES string of the molecule is NCC1(c2cccc3c2OCC3)CC(F)(F)C1. The maximum atomic E-state index is 13.2. The topological polar surface area (TPSA) is 35.2 Å². The first-order valence-corrected chi connectivity index (χ1v) is 5.89. The van der Waals surface area contributed by atoms with Crippen LogP contribution in [-0.4, -0.2) is 19.1 Å². The lowest BCUT2D eigenvalue weighted by molar-refractivity contribution is -0.124. The van der Waals surface area contributed by atoms with Gasteiger partial charge in [0, 0.05) is 36.8 Å². The monoisotopic (exact) mass is 239 g/mol. The molecule has 1 aromatic carbocycles. The van der Waals surface area contributed by atoms with Crippen molar-refractivity contribution in [2.24, 2.45) is 5.73 Å². The van der Waals surface area contributed by atoms with Crippen LogP contribution in [0.1, 0.15) is 24.0 Å². The summed E-state index contributed by atoms with van der Waals surface area (Å²) >= 11 is 0. The molecule has 0 bridgehead atoms. The number of halogens is 2. The fourth-order valence-corrected chi connectivity index (χ4v) is 3.02. The maximum absolute atomic E-state index is 13.2. The van der Waals surface area contributed by atoms with E-state index in [1.807, 2.05) is 18.2 Å². The summed E-state index contributed by atoms with van der Waals surface area (Å²) in [6.07, 6.45) is 0.548. The molecule has 2 aliphatic rings. The third-order valence-electron chi connectivity index (χ3n) is 3.87. The van der Waals surface area contributed by atoms with E-state index in [-0.39, 0.29) is 19.4 Å². The minimum Gasteiger partial charge on any atom is -0.493 e. The number of hydrogen-bond acceptors (Lipinski definition) is 2. The maximum Gasteiger partial charge on any atom is 0.250 e. The molecule has 2 nitrogen and oxygen atoms in total. The molecule has 17 heavy (non-hydrogen) atoms. The highest BCUT2D eigenvalue weighted by molar-refractivity contribution is 5.49. The van der Waals surface area contributed by atoms with Gasteiger partial charge in [0.05, 0.1) is 6.61 Å². The van der Waals surface area contributed by atoms with Gasteiger partial charge in [-0.05, 0) is 5.56 Å². The Balaban J connectivity index is 2.02.